The minimum atomic E-state index is -0.485. The first kappa shape index (κ1) is 30.0. The molecule has 218 valence electrons. The third-order valence-corrected chi connectivity index (χ3v) is 7.45. The summed E-state index contributed by atoms with van der Waals surface area (Å²) in [5, 5.41) is 2.41. The fourth-order valence-electron chi connectivity index (χ4n) is 5.25. The maximum atomic E-state index is 12.4. The maximum absolute atomic E-state index is 12.4. The first-order valence-electron chi connectivity index (χ1n) is 14.0. The predicted octanol–water partition coefficient (Wildman–Crippen LogP) is 7.27. The summed E-state index contributed by atoms with van der Waals surface area (Å²) in [5.41, 5.74) is 4.18. The highest BCUT2D eigenvalue weighted by molar-refractivity contribution is 5.78. The Balaban J connectivity index is 0.000000208. The van der Waals surface area contributed by atoms with E-state index in [0.29, 0.717) is 11.5 Å². The number of hydrogen-bond acceptors (Lipinski definition) is 6. The second-order valence-electron chi connectivity index (χ2n) is 12.2. The van der Waals surface area contributed by atoms with Crippen molar-refractivity contribution in [1.82, 2.24) is 5.32 Å². The second-order valence-corrected chi connectivity index (χ2v) is 12.2. The zero-order valence-corrected chi connectivity index (χ0v) is 25.1. The van der Waals surface area contributed by atoms with Crippen LogP contribution < -0.4 is 14.8 Å². The maximum Gasteiger partial charge on any atom is 0.412 e. The molecule has 1 fully saturated rings. The molecule has 2 aliphatic rings. The molecule has 0 spiro atoms. The number of carbonyl (C=O) groups excluding carboxylic acids is 2. The van der Waals surface area contributed by atoms with Gasteiger partial charge in [0.1, 0.15) is 18.0 Å². The Morgan fingerprint density at radius 2 is 1.76 bits per heavy atom. The van der Waals surface area contributed by atoms with Crippen LogP contribution >= 0.6 is 0 Å². The highest BCUT2D eigenvalue weighted by Gasteiger charge is 2.61. The average Bonchev–Trinajstić information content (AvgIpc) is 3.20. The first-order chi connectivity index (χ1) is 19.4. The topological polar surface area (TPSA) is 87.0 Å². The number of fused-ring (bicyclic) bond motifs is 1. The van der Waals surface area contributed by atoms with Crippen molar-refractivity contribution in [3.63, 3.8) is 0 Å². The summed E-state index contributed by atoms with van der Waals surface area (Å²) in [6, 6.07) is 17.7. The lowest BCUT2D eigenvalue weighted by molar-refractivity contribution is -0.147. The van der Waals surface area contributed by atoms with Gasteiger partial charge in [0.05, 0.1) is 12.2 Å². The summed E-state index contributed by atoms with van der Waals surface area (Å²) in [4.78, 5) is 23.6. The van der Waals surface area contributed by atoms with Gasteiger partial charge in [0, 0.05) is 31.0 Å². The van der Waals surface area contributed by atoms with Crippen LogP contribution in [-0.4, -0.2) is 24.7 Å². The van der Waals surface area contributed by atoms with E-state index in [1.807, 2.05) is 50.2 Å². The Hall–Kier alpha value is -4.00. The number of nitrogens with one attached hydrogen (secondary N) is 1. The van der Waals surface area contributed by atoms with E-state index in [9.17, 15) is 9.59 Å². The van der Waals surface area contributed by atoms with Crippen LogP contribution in [0.3, 0.4) is 0 Å². The molecule has 3 aromatic rings. The molecule has 2 heterocycles. The molecule has 1 aromatic heterocycles. The molecule has 0 bridgehead atoms. The Morgan fingerprint density at radius 3 is 2.44 bits per heavy atom. The molecule has 41 heavy (non-hydrogen) atoms. The number of benzene rings is 2. The SMILES string of the molecule is CC(C)=CC1C(C(=O)OCc2coc(Cc3ccccc3)c2)C1(C)C.CNC(=O)Oc1cccc2c1OC(C)(C)C2. The van der Waals surface area contributed by atoms with Crippen LogP contribution in [0.2, 0.25) is 0 Å². The van der Waals surface area contributed by atoms with Crippen LogP contribution in [0.25, 0.3) is 0 Å². The van der Waals surface area contributed by atoms with E-state index in [2.05, 4.69) is 51.2 Å². The Morgan fingerprint density at radius 1 is 1.02 bits per heavy atom. The third-order valence-electron chi connectivity index (χ3n) is 7.45. The van der Waals surface area contributed by atoms with Gasteiger partial charge in [-0.05, 0) is 56.7 Å². The van der Waals surface area contributed by atoms with Crippen molar-refractivity contribution in [3.8, 4) is 11.5 Å². The van der Waals surface area contributed by atoms with Crippen molar-refractivity contribution < 1.29 is 28.2 Å². The van der Waals surface area contributed by atoms with Crippen LogP contribution in [-0.2, 0) is 29.0 Å². The Labute approximate surface area is 242 Å². The van der Waals surface area contributed by atoms with Crippen molar-refractivity contribution in [3.05, 3.63) is 95.0 Å². The van der Waals surface area contributed by atoms with E-state index in [0.717, 1.165) is 29.7 Å². The first-order valence-corrected chi connectivity index (χ1v) is 14.0. The van der Waals surface area contributed by atoms with Gasteiger partial charge in [-0.2, -0.15) is 0 Å². The number of furan rings is 1. The predicted molar refractivity (Wildman–Crippen MR) is 158 cm³/mol. The fourth-order valence-corrected chi connectivity index (χ4v) is 5.25. The fraction of sp³-hybridized carbons (Fsp3) is 0.412. The number of ether oxygens (including phenoxy) is 3. The molecule has 1 amide bonds. The summed E-state index contributed by atoms with van der Waals surface area (Å²) in [6.45, 7) is 12.7. The molecule has 1 N–H and O–H groups in total. The van der Waals surface area contributed by atoms with Crippen molar-refractivity contribution in [1.29, 1.82) is 0 Å². The van der Waals surface area contributed by atoms with Crippen LogP contribution in [0.5, 0.6) is 11.5 Å². The van der Waals surface area contributed by atoms with Gasteiger partial charge in [0.25, 0.3) is 0 Å². The van der Waals surface area contributed by atoms with Crippen molar-refractivity contribution >= 4 is 12.1 Å². The zero-order chi connectivity index (χ0) is 29.8. The van der Waals surface area contributed by atoms with E-state index >= 15 is 0 Å². The number of rotatable bonds is 7. The summed E-state index contributed by atoms with van der Waals surface area (Å²) in [7, 11) is 1.52. The molecule has 7 heteroatoms. The van der Waals surface area contributed by atoms with Crippen LogP contribution in [0.15, 0.2) is 76.9 Å². The summed E-state index contributed by atoms with van der Waals surface area (Å²) < 4.78 is 22.0. The molecule has 2 unspecified atom stereocenters. The minimum Gasteiger partial charge on any atom is -0.483 e. The van der Waals surface area contributed by atoms with Gasteiger partial charge in [-0.1, -0.05) is 68.0 Å². The number of hydrogen-bond donors (Lipinski definition) is 1. The third kappa shape index (κ3) is 7.60. The average molecular weight is 560 g/mol. The van der Waals surface area contributed by atoms with Crippen molar-refractivity contribution in [2.45, 2.75) is 66.6 Å². The molecule has 7 nitrogen and oxygen atoms in total. The smallest absolute Gasteiger partial charge is 0.412 e. The molecule has 1 aliphatic heterocycles. The Kier molecular flexibility index (Phi) is 8.95. The minimum absolute atomic E-state index is 0.0107. The number of carbonyl (C=O) groups is 2. The lowest BCUT2D eigenvalue weighted by Gasteiger charge is -2.17. The van der Waals surface area contributed by atoms with Crippen LogP contribution in [0, 0.1) is 17.3 Å². The lowest BCUT2D eigenvalue weighted by atomic mass is 10.0. The van der Waals surface area contributed by atoms with Gasteiger partial charge < -0.3 is 23.9 Å². The van der Waals surface area contributed by atoms with Gasteiger partial charge in [-0.25, -0.2) is 4.79 Å². The number of allylic oxidation sites excluding steroid dienone is 2. The molecular weight excluding hydrogens is 518 g/mol. The molecule has 0 radical (unpaired) electrons. The molecule has 2 aromatic carbocycles. The lowest BCUT2D eigenvalue weighted by Crippen LogP contribution is -2.25. The molecule has 5 rings (SSSR count). The second kappa shape index (κ2) is 12.2. The van der Waals surface area contributed by atoms with E-state index in [4.69, 9.17) is 18.6 Å². The van der Waals surface area contributed by atoms with E-state index in [-0.39, 0.29) is 35.4 Å². The van der Waals surface area contributed by atoms with Gasteiger partial charge in [-0.15, -0.1) is 0 Å². The van der Waals surface area contributed by atoms with Crippen LogP contribution in [0.4, 0.5) is 4.79 Å². The largest absolute Gasteiger partial charge is 0.483 e. The normalized spacial score (nSPS) is 19.0. The molecule has 1 aliphatic carbocycles. The Bertz CT molecular complexity index is 1400. The van der Waals surface area contributed by atoms with Crippen molar-refractivity contribution in [2.24, 2.45) is 17.3 Å². The summed E-state index contributed by atoms with van der Waals surface area (Å²) in [5.74, 6) is 2.16. The number of esters is 1. The highest BCUT2D eigenvalue weighted by atomic mass is 16.6. The summed E-state index contributed by atoms with van der Waals surface area (Å²) in [6.07, 6.45) is 4.95. The van der Waals surface area contributed by atoms with E-state index in [1.54, 1.807) is 12.3 Å². The van der Waals surface area contributed by atoms with Gasteiger partial charge in [0.15, 0.2) is 11.5 Å². The quantitative estimate of drug-likeness (QED) is 0.242. The standard InChI is InChI=1S/C22H26O3.C12H15NO3/c1-15(2)10-19-20(22(19,3)4)21(23)25-14-17-12-18(24-13-17)11-16-8-6-5-7-9-16;1-12(2)7-8-5-4-6-9(10(8)16-12)15-11(14)13-3/h5-10,12-13,19-20H,11,14H2,1-4H3;4-6H,7H2,1-3H3,(H,13,14). The zero-order valence-electron chi connectivity index (χ0n) is 25.1. The number of para-hydroxylation sites is 1. The van der Waals surface area contributed by atoms with Crippen LogP contribution in [0.1, 0.15) is 64.0 Å². The van der Waals surface area contributed by atoms with Gasteiger partial charge in [0.2, 0.25) is 0 Å². The molecule has 1 saturated carbocycles. The van der Waals surface area contributed by atoms with Crippen molar-refractivity contribution in [2.75, 3.05) is 7.05 Å². The van der Waals surface area contributed by atoms with Gasteiger partial charge >= 0.3 is 12.1 Å². The van der Waals surface area contributed by atoms with Gasteiger partial charge in [-0.3, -0.25) is 4.79 Å². The summed E-state index contributed by atoms with van der Waals surface area (Å²) >= 11 is 0. The molecule has 2 atom stereocenters. The molecule has 0 saturated heterocycles. The highest BCUT2D eigenvalue weighted by Crippen LogP contribution is 2.59. The number of amides is 1. The molecular formula is C34H41NO6. The van der Waals surface area contributed by atoms with E-state index < -0.39 is 6.09 Å². The monoisotopic (exact) mass is 559 g/mol. The van der Waals surface area contributed by atoms with E-state index in [1.165, 1.54) is 18.2 Å².